The lowest BCUT2D eigenvalue weighted by Crippen LogP contribution is -2.21. The van der Waals surface area contributed by atoms with Crippen molar-refractivity contribution in [3.8, 4) is 0 Å². The van der Waals surface area contributed by atoms with E-state index in [4.69, 9.17) is 11.6 Å². The summed E-state index contributed by atoms with van der Waals surface area (Å²) in [5.41, 5.74) is 0. The molecular weight excluding hydrogens is 418 g/mol. The molecule has 0 aliphatic rings. The lowest BCUT2D eigenvalue weighted by atomic mass is 10.2. The van der Waals surface area contributed by atoms with Gasteiger partial charge in [0.15, 0.2) is 0 Å². The molecule has 1 atom stereocenters. The van der Waals surface area contributed by atoms with Crippen LogP contribution >= 0.6 is 66.1 Å². The second-order valence-electron chi connectivity index (χ2n) is 3.79. The van der Waals surface area contributed by atoms with Gasteiger partial charge in [-0.25, -0.2) is 0 Å². The van der Waals surface area contributed by atoms with Crippen LogP contribution in [0.1, 0.15) is 29.1 Å². The Labute approximate surface area is 137 Å². The summed E-state index contributed by atoms with van der Waals surface area (Å²) in [6.45, 7) is 3.16. The molecule has 18 heavy (non-hydrogen) atoms. The summed E-state index contributed by atoms with van der Waals surface area (Å²) in [5.74, 6) is 0. The molecule has 0 bridgehead atoms. The first-order valence-corrected chi connectivity index (χ1v) is 9.20. The van der Waals surface area contributed by atoms with E-state index in [0.29, 0.717) is 0 Å². The highest BCUT2D eigenvalue weighted by molar-refractivity contribution is 9.11. The van der Waals surface area contributed by atoms with E-state index < -0.39 is 0 Å². The standard InChI is InChI=1S/C12H12Br2ClNS2/c1-2-4-16-10(11-7(13)3-5-17-11)9-6-8(14)12(15)18-9/h3,5-6,10,16H,2,4H2,1H3. The number of hydrogen-bond donors (Lipinski definition) is 1. The van der Waals surface area contributed by atoms with Crippen LogP contribution in [-0.2, 0) is 0 Å². The van der Waals surface area contributed by atoms with Gasteiger partial charge in [0, 0.05) is 18.7 Å². The molecule has 0 amide bonds. The maximum Gasteiger partial charge on any atom is 0.107 e. The van der Waals surface area contributed by atoms with E-state index in [0.717, 1.165) is 26.2 Å². The Hall–Kier alpha value is 0.610. The average Bonchev–Trinajstić information content (AvgIpc) is 2.88. The smallest absolute Gasteiger partial charge is 0.107 e. The second kappa shape index (κ2) is 6.86. The molecule has 1 unspecified atom stereocenters. The maximum atomic E-state index is 6.14. The molecule has 2 aromatic rings. The number of nitrogens with one attached hydrogen (secondary N) is 1. The summed E-state index contributed by atoms with van der Waals surface area (Å²) in [6.07, 6.45) is 1.11. The zero-order valence-electron chi connectivity index (χ0n) is 9.67. The molecule has 2 rings (SSSR count). The molecule has 0 fully saturated rings. The minimum absolute atomic E-state index is 0.216. The van der Waals surface area contributed by atoms with Gasteiger partial charge in [-0.1, -0.05) is 18.5 Å². The van der Waals surface area contributed by atoms with Gasteiger partial charge in [0.2, 0.25) is 0 Å². The molecule has 0 saturated heterocycles. The third kappa shape index (κ3) is 3.38. The molecule has 2 heterocycles. The summed E-state index contributed by atoms with van der Waals surface area (Å²) < 4.78 is 2.93. The first kappa shape index (κ1) is 15.0. The number of thiophene rings is 2. The molecule has 0 aliphatic heterocycles. The van der Waals surface area contributed by atoms with Crippen LogP contribution in [0.4, 0.5) is 0 Å². The normalized spacial score (nSPS) is 12.9. The zero-order chi connectivity index (χ0) is 13.1. The summed E-state index contributed by atoms with van der Waals surface area (Å²) >= 11 is 16.6. The largest absolute Gasteiger partial charge is 0.305 e. The van der Waals surface area contributed by atoms with Crippen LogP contribution in [0.15, 0.2) is 26.5 Å². The molecule has 0 spiro atoms. The van der Waals surface area contributed by atoms with E-state index in [-0.39, 0.29) is 6.04 Å². The predicted molar refractivity (Wildman–Crippen MR) is 89.2 cm³/mol. The Morgan fingerprint density at radius 1 is 1.39 bits per heavy atom. The van der Waals surface area contributed by atoms with Gasteiger partial charge < -0.3 is 5.32 Å². The highest BCUT2D eigenvalue weighted by Gasteiger charge is 2.20. The van der Waals surface area contributed by atoms with E-state index >= 15 is 0 Å². The Bertz CT molecular complexity index is 504. The van der Waals surface area contributed by atoms with Gasteiger partial charge in [-0.15, -0.1) is 22.7 Å². The van der Waals surface area contributed by atoms with Crippen molar-refractivity contribution in [2.75, 3.05) is 6.54 Å². The van der Waals surface area contributed by atoms with Crippen LogP contribution in [0.2, 0.25) is 4.34 Å². The zero-order valence-corrected chi connectivity index (χ0v) is 15.2. The average molecular weight is 430 g/mol. The van der Waals surface area contributed by atoms with Gasteiger partial charge in [0.05, 0.1) is 6.04 Å². The third-order valence-corrected chi connectivity index (χ3v) is 6.93. The minimum atomic E-state index is 0.216. The van der Waals surface area contributed by atoms with Crippen LogP contribution < -0.4 is 5.32 Å². The van der Waals surface area contributed by atoms with E-state index in [1.807, 2.05) is 0 Å². The fourth-order valence-electron chi connectivity index (χ4n) is 1.63. The lowest BCUT2D eigenvalue weighted by molar-refractivity contribution is 0.611. The molecule has 0 aromatic carbocycles. The SMILES string of the molecule is CCCNC(c1cc(Br)c(Cl)s1)c1sccc1Br. The molecule has 6 heteroatoms. The van der Waals surface area contributed by atoms with Gasteiger partial charge in [-0.05, 0) is 62.3 Å². The number of rotatable bonds is 5. The van der Waals surface area contributed by atoms with Gasteiger partial charge in [-0.3, -0.25) is 0 Å². The van der Waals surface area contributed by atoms with Crippen LogP contribution in [-0.4, -0.2) is 6.54 Å². The van der Waals surface area contributed by atoms with Crippen molar-refractivity contribution in [1.82, 2.24) is 5.32 Å². The lowest BCUT2D eigenvalue weighted by Gasteiger charge is -2.16. The summed E-state index contributed by atoms with van der Waals surface area (Å²) in [6, 6.07) is 4.41. The highest BCUT2D eigenvalue weighted by Crippen LogP contribution is 2.40. The first-order valence-electron chi connectivity index (χ1n) is 5.54. The Balaban J connectivity index is 2.33. The van der Waals surface area contributed by atoms with Crippen LogP contribution in [0.3, 0.4) is 0 Å². The summed E-state index contributed by atoms with van der Waals surface area (Å²) in [4.78, 5) is 2.54. The van der Waals surface area contributed by atoms with E-state index in [1.165, 1.54) is 9.75 Å². The van der Waals surface area contributed by atoms with Crippen molar-refractivity contribution in [3.63, 3.8) is 0 Å². The van der Waals surface area contributed by atoms with Crippen molar-refractivity contribution in [1.29, 1.82) is 0 Å². The molecule has 1 nitrogen and oxygen atoms in total. The van der Waals surface area contributed by atoms with Crippen LogP contribution in [0.5, 0.6) is 0 Å². The fourth-order valence-corrected chi connectivity index (χ4v) is 5.22. The summed E-state index contributed by atoms with van der Waals surface area (Å²) in [5, 5.41) is 5.68. The van der Waals surface area contributed by atoms with Crippen molar-refractivity contribution in [3.05, 3.63) is 40.5 Å². The van der Waals surface area contributed by atoms with E-state index in [1.54, 1.807) is 22.7 Å². The van der Waals surface area contributed by atoms with E-state index in [2.05, 4.69) is 61.6 Å². The van der Waals surface area contributed by atoms with Gasteiger partial charge in [0.1, 0.15) is 4.34 Å². The Kier molecular flexibility index (Phi) is 5.72. The number of halogens is 3. The van der Waals surface area contributed by atoms with Crippen molar-refractivity contribution in [2.45, 2.75) is 19.4 Å². The fraction of sp³-hybridized carbons (Fsp3) is 0.333. The molecule has 1 N–H and O–H groups in total. The minimum Gasteiger partial charge on any atom is -0.305 e. The first-order chi connectivity index (χ1) is 8.63. The van der Waals surface area contributed by atoms with E-state index in [9.17, 15) is 0 Å². The van der Waals surface area contributed by atoms with Gasteiger partial charge >= 0.3 is 0 Å². The van der Waals surface area contributed by atoms with Crippen LogP contribution in [0.25, 0.3) is 0 Å². The molecule has 98 valence electrons. The van der Waals surface area contributed by atoms with Crippen molar-refractivity contribution in [2.24, 2.45) is 0 Å². The quantitative estimate of drug-likeness (QED) is 0.608. The van der Waals surface area contributed by atoms with Crippen LogP contribution in [0, 0.1) is 0 Å². The third-order valence-electron chi connectivity index (χ3n) is 2.45. The van der Waals surface area contributed by atoms with Gasteiger partial charge in [-0.2, -0.15) is 0 Å². The molecule has 2 aromatic heterocycles. The topological polar surface area (TPSA) is 12.0 Å². The van der Waals surface area contributed by atoms with Gasteiger partial charge in [0.25, 0.3) is 0 Å². The summed E-state index contributed by atoms with van der Waals surface area (Å²) in [7, 11) is 0. The number of hydrogen-bond acceptors (Lipinski definition) is 3. The Morgan fingerprint density at radius 2 is 2.17 bits per heavy atom. The monoisotopic (exact) mass is 427 g/mol. The molecule has 0 radical (unpaired) electrons. The molecular formula is C12H12Br2ClNS2. The second-order valence-corrected chi connectivity index (χ2v) is 8.13. The van der Waals surface area contributed by atoms with Crippen molar-refractivity contribution < 1.29 is 0 Å². The maximum absolute atomic E-state index is 6.14. The molecule has 0 aliphatic carbocycles. The highest BCUT2D eigenvalue weighted by atomic mass is 79.9. The van der Waals surface area contributed by atoms with Crippen molar-refractivity contribution >= 4 is 66.1 Å². The Morgan fingerprint density at radius 3 is 2.67 bits per heavy atom. The molecule has 0 saturated carbocycles. The predicted octanol–water partition coefficient (Wildman–Crippen LogP) is 6.08.